The fourth-order valence-corrected chi connectivity index (χ4v) is 4.35. The van der Waals surface area contributed by atoms with Gasteiger partial charge in [-0.25, -0.2) is 13.1 Å². The average molecular weight is 313 g/mol. The Morgan fingerprint density at radius 1 is 1.24 bits per heavy atom. The zero-order valence-electron chi connectivity index (χ0n) is 11.6. The Morgan fingerprint density at radius 2 is 1.81 bits per heavy atom. The van der Waals surface area contributed by atoms with Crippen molar-refractivity contribution in [3.05, 3.63) is 39.9 Å². The number of rotatable bonds is 6. The molecule has 1 fully saturated rings. The van der Waals surface area contributed by atoms with Crippen molar-refractivity contribution in [3.63, 3.8) is 0 Å². The van der Waals surface area contributed by atoms with Crippen LogP contribution in [0.4, 0.5) is 5.69 Å². The molecule has 1 aromatic rings. The molecule has 1 saturated carbocycles. The number of hydrogen-bond acceptors (Lipinski definition) is 5. The van der Waals surface area contributed by atoms with Crippen molar-refractivity contribution in [2.75, 3.05) is 6.54 Å². The van der Waals surface area contributed by atoms with E-state index in [4.69, 9.17) is 5.73 Å². The van der Waals surface area contributed by atoms with E-state index in [1.54, 1.807) is 0 Å². The molecule has 0 radical (unpaired) electrons. The molecular formula is C13H19N3O4S. The Morgan fingerprint density at radius 3 is 2.29 bits per heavy atom. The quantitative estimate of drug-likeness (QED) is 0.606. The van der Waals surface area contributed by atoms with Crippen molar-refractivity contribution in [1.82, 2.24) is 4.72 Å². The Kier molecular flexibility index (Phi) is 4.60. The monoisotopic (exact) mass is 313 g/mol. The normalized spacial score (nSPS) is 17.8. The van der Waals surface area contributed by atoms with Gasteiger partial charge in [0.1, 0.15) is 0 Å². The van der Waals surface area contributed by atoms with Crippen LogP contribution in [0.1, 0.15) is 31.2 Å². The Labute approximate surface area is 123 Å². The van der Waals surface area contributed by atoms with Crippen LogP contribution in [-0.2, 0) is 15.8 Å². The summed E-state index contributed by atoms with van der Waals surface area (Å²) in [5.41, 5.74) is 5.65. The Balaban J connectivity index is 2.08. The molecule has 0 saturated heterocycles. The number of benzene rings is 1. The van der Waals surface area contributed by atoms with E-state index < -0.39 is 20.5 Å². The largest absolute Gasteiger partial charge is 0.329 e. The van der Waals surface area contributed by atoms with Gasteiger partial charge >= 0.3 is 0 Å². The first-order valence-electron chi connectivity index (χ1n) is 6.81. The maximum Gasteiger partial charge on any atom is 0.269 e. The molecule has 3 N–H and O–H groups in total. The molecule has 0 atom stereocenters. The number of non-ortho nitro benzene ring substituents is 1. The van der Waals surface area contributed by atoms with Crippen molar-refractivity contribution in [2.45, 2.75) is 37.0 Å². The summed E-state index contributed by atoms with van der Waals surface area (Å²) < 4.78 is 27.2. The summed E-state index contributed by atoms with van der Waals surface area (Å²) >= 11 is 0. The van der Waals surface area contributed by atoms with E-state index in [1.165, 1.54) is 24.3 Å². The van der Waals surface area contributed by atoms with E-state index in [-0.39, 0.29) is 18.0 Å². The second-order valence-corrected chi connectivity index (χ2v) is 7.20. The van der Waals surface area contributed by atoms with Crippen LogP contribution in [0.3, 0.4) is 0 Å². The summed E-state index contributed by atoms with van der Waals surface area (Å²) in [4.78, 5) is 10.1. The van der Waals surface area contributed by atoms with Gasteiger partial charge in [0.15, 0.2) is 0 Å². The number of nitro benzene ring substituents is 1. The standard InChI is InChI=1S/C13H19N3O4S/c14-10-13(7-1-2-8-13)15-21(19,20)9-11-3-5-12(6-4-11)16(17)18/h3-6,15H,1-2,7-10,14H2. The van der Waals surface area contributed by atoms with Crippen LogP contribution < -0.4 is 10.5 Å². The highest BCUT2D eigenvalue weighted by Gasteiger charge is 2.36. The van der Waals surface area contributed by atoms with Crippen LogP contribution in [0, 0.1) is 10.1 Å². The molecule has 21 heavy (non-hydrogen) atoms. The number of sulfonamides is 1. The number of nitro groups is 1. The zero-order chi connectivity index (χ0) is 15.5. The third-order valence-electron chi connectivity index (χ3n) is 3.83. The summed E-state index contributed by atoms with van der Waals surface area (Å²) in [6, 6.07) is 5.53. The van der Waals surface area contributed by atoms with Gasteiger partial charge in [-0.05, 0) is 18.4 Å². The highest BCUT2D eigenvalue weighted by Crippen LogP contribution is 2.29. The molecule has 0 bridgehead atoms. The summed E-state index contributed by atoms with van der Waals surface area (Å²) in [6.45, 7) is 0.284. The van der Waals surface area contributed by atoms with Crippen LogP contribution >= 0.6 is 0 Å². The van der Waals surface area contributed by atoms with Crippen molar-refractivity contribution in [1.29, 1.82) is 0 Å². The van der Waals surface area contributed by atoms with Crippen LogP contribution in [0.15, 0.2) is 24.3 Å². The van der Waals surface area contributed by atoms with Crippen molar-refractivity contribution in [2.24, 2.45) is 5.73 Å². The Hall–Kier alpha value is -1.51. The second kappa shape index (κ2) is 6.08. The predicted molar refractivity (Wildman–Crippen MR) is 79.1 cm³/mol. The average Bonchev–Trinajstić information content (AvgIpc) is 2.87. The third kappa shape index (κ3) is 3.99. The van der Waals surface area contributed by atoms with Crippen LogP contribution in [-0.4, -0.2) is 25.4 Å². The number of hydrogen-bond donors (Lipinski definition) is 2. The lowest BCUT2D eigenvalue weighted by molar-refractivity contribution is -0.384. The molecule has 2 rings (SSSR count). The van der Waals surface area contributed by atoms with E-state index >= 15 is 0 Å². The molecule has 1 aromatic carbocycles. The maximum absolute atomic E-state index is 12.2. The fraction of sp³-hybridized carbons (Fsp3) is 0.538. The molecule has 0 aromatic heterocycles. The Bertz CT molecular complexity index is 607. The molecule has 7 nitrogen and oxygen atoms in total. The van der Waals surface area contributed by atoms with Gasteiger partial charge in [-0.1, -0.05) is 25.0 Å². The molecule has 116 valence electrons. The van der Waals surface area contributed by atoms with E-state index in [0.717, 1.165) is 25.7 Å². The van der Waals surface area contributed by atoms with E-state index in [9.17, 15) is 18.5 Å². The number of nitrogens with zero attached hydrogens (tertiary/aromatic N) is 1. The van der Waals surface area contributed by atoms with Crippen LogP contribution in [0.5, 0.6) is 0 Å². The predicted octanol–water partition coefficient (Wildman–Crippen LogP) is 1.29. The summed E-state index contributed by atoms with van der Waals surface area (Å²) in [5.74, 6) is -0.202. The molecule has 1 aliphatic carbocycles. The molecule has 0 spiro atoms. The first kappa shape index (κ1) is 15.9. The lowest BCUT2D eigenvalue weighted by atomic mass is 10.0. The minimum atomic E-state index is -3.52. The van der Waals surface area contributed by atoms with Gasteiger partial charge in [0, 0.05) is 24.2 Å². The van der Waals surface area contributed by atoms with E-state index in [0.29, 0.717) is 5.56 Å². The second-order valence-electron chi connectivity index (χ2n) is 5.48. The lowest BCUT2D eigenvalue weighted by Crippen LogP contribution is -2.51. The molecule has 0 heterocycles. The first-order valence-corrected chi connectivity index (χ1v) is 8.46. The number of nitrogens with one attached hydrogen (secondary N) is 1. The molecule has 0 amide bonds. The molecule has 1 aliphatic rings. The minimum absolute atomic E-state index is 0.0571. The molecule has 0 unspecified atom stereocenters. The van der Waals surface area contributed by atoms with Gasteiger partial charge in [-0.15, -0.1) is 0 Å². The first-order chi connectivity index (χ1) is 9.86. The van der Waals surface area contributed by atoms with E-state index in [2.05, 4.69) is 4.72 Å². The molecule has 0 aliphatic heterocycles. The van der Waals surface area contributed by atoms with Gasteiger partial charge < -0.3 is 5.73 Å². The van der Waals surface area contributed by atoms with Gasteiger partial charge in [-0.2, -0.15) is 0 Å². The van der Waals surface area contributed by atoms with Gasteiger partial charge in [0.2, 0.25) is 10.0 Å². The zero-order valence-corrected chi connectivity index (χ0v) is 12.4. The van der Waals surface area contributed by atoms with Crippen LogP contribution in [0.2, 0.25) is 0 Å². The van der Waals surface area contributed by atoms with E-state index in [1.807, 2.05) is 0 Å². The SMILES string of the molecule is NCC1(NS(=O)(=O)Cc2ccc([N+](=O)[O-])cc2)CCCC1. The summed E-state index contributed by atoms with van der Waals surface area (Å²) in [5, 5.41) is 10.6. The number of nitrogens with two attached hydrogens (primary N) is 1. The fourth-order valence-electron chi connectivity index (χ4n) is 2.70. The van der Waals surface area contributed by atoms with Crippen molar-refractivity contribution in [3.8, 4) is 0 Å². The summed E-state index contributed by atoms with van der Waals surface area (Å²) in [7, 11) is -3.52. The van der Waals surface area contributed by atoms with Crippen molar-refractivity contribution < 1.29 is 13.3 Å². The van der Waals surface area contributed by atoms with Gasteiger partial charge in [-0.3, -0.25) is 10.1 Å². The smallest absolute Gasteiger partial charge is 0.269 e. The minimum Gasteiger partial charge on any atom is -0.329 e. The third-order valence-corrected chi connectivity index (χ3v) is 5.28. The van der Waals surface area contributed by atoms with Crippen LogP contribution in [0.25, 0.3) is 0 Å². The van der Waals surface area contributed by atoms with Gasteiger partial charge in [0.25, 0.3) is 5.69 Å². The highest BCUT2D eigenvalue weighted by molar-refractivity contribution is 7.88. The highest BCUT2D eigenvalue weighted by atomic mass is 32.2. The lowest BCUT2D eigenvalue weighted by Gasteiger charge is -2.28. The molecule has 8 heteroatoms. The van der Waals surface area contributed by atoms with Crippen molar-refractivity contribution >= 4 is 15.7 Å². The topological polar surface area (TPSA) is 115 Å². The molecular weight excluding hydrogens is 294 g/mol. The maximum atomic E-state index is 12.2. The van der Waals surface area contributed by atoms with Gasteiger partial charge in [0.05, 0.1) is 10.7 Å². The summed E-state index contributed by atoms with van der Waals surface area (Å²) in [6.07, 6.45) is 3.44.